The zero-order valence-electron chi connectivity index (χ0n) is 14.5. The summed E-state index contributed by atoms with van der Waals surface area (Å²) < 4.78 is 18.3. The van der Waals surface area contributed by atoms with Crippen molar-refractivity contribution in [1.82, 2.24) is 9.97 Å². The molecule has 1 amide bonds. The highest BCUT2D eigenvalue weighted by Gasteiger charge is 2.19. The molecule has 3 aromatic rings. The predicted molar refractivity (Wildman–Crippen MR) is 96.7 cm³/mol. The van der Waals surface area contributed by atoms with E-state index in [0.717, 1.165) is 0 Å². The molecule has 0 aliphatic heterocycles. The first-order chi connectivity index (χ1) is 13.1. The van der Waals surface area contributed by atoms with Gasteiger partial charge in [0.15, 0.2) is 0 Å². The van der Waals surface area contributed by atoms with Gasteiger partial charge in [0.1, 0.15) is 5.82 Å². The van der Waals surface area contributed by atoms with E-state index in [0.29, 0.717) is 22.5 Å². The van der Waals surface area contributed by atoms with Gasteiger partial charge in [-0.05, 0) is 42.5 Å². The average Bonchev–Trinajstić information content (AvgIpc) is 2.72. The first-order valence-electron chi connectivity index (χ1n) is 8.09. The Morgan fingerprint density at radius 2 is 1.85 bits per heavy atom. The number of carbonyl (C=O) groups is 2. The first-order valence-corrected chi connectivity index (χ1v) is 8.09. The number of ether oxygens (including phenoxy) is 1. The zero-order chi connectivity index (χ0) is 19.2. The maximum Gasteiger partial charge on any atom is 0.339 e. The molecule has 2 heterocycles. The van der Waals surface area contributed by atoms with Crippen LogP contribution in [0.15, 0.2) is 67.1 Å². The highest BCUT2D eigenvalue weighted by atomic mass is 19.1. The molecule has 27 heavy (non-hydrogen) atoms. The van der Waals surface area contributed by atoms with Crippen LogP contribution in [0.3, 0.4) is 0 Å². The molecule has 0 aliphatic rings. The highest BCUT2D eigenvalue weighted by molar-refractivity contribution is 6.05. The van der Waals surface area contributed by atoms with Gasteiger partial charge in [-0.2, -0.15) is 0 Å². The van der Waals surface area contributed by atoms with E-state index in [1.807, 2.05) is 0 Å². The van der Waals surface area contributed by atoms with E-state index in [1.165, 1.54) is 48.8 Å². The van der Waals surface area contributed by atoms with Gasteiger partial charge < -0.3 is 9.64 Å². The summed E-state index contributed by atoms with van der Waals surface area (Å²) in [5.74, 6) is -1.26. The minimum Gasteiger partial charge on any atom is -0.465 e. The average molecular weight is 365 g/mol. The summed E-state index contributed by atoms with van der Waals surface area (Å²) in [6.45, 7) is 0.103. The van der Waals surface area contributed by atoms with Crippen molar-refractivity contribution in [2.45, 2.75) is 6.54 Å². The van der Waals surface area contributed by atoms with E-state index < -0.39 is 11.8 Å². The fourth-order valence-corrected chi connectivity index (χ4v) is 2.49. The van der Waals surface area contributed by atoms with E-state index in [2.05, 4.69) is 14.7 Å². The van der Waals surface area contributed by atoms with Gasteiger partial charge in [-0.1, -0.05) is 6.07 Å². The van der Waals surface area contributed by atoms with Gasteiger partial charge in [0.25, 0.3) is 5.91 Å². The van der Waals surface area contributed by atoms with Crippen molar-refractivity contribution >= 4 is 17.6 Å². The Balaban J connectivity index is 1.92. The van der Waals surface area contributed by atoms with Crippen LogP contribution in [0.5, 0.6) is 0 Å². The van der Waals surface area contributed by atoms with Crippen LogP contribution >= 0.6 is 0 Å². The van der Waals surface area contributed by atoms with Crippen molar-refractivity contribution in [2.75, 3.05) is 12.0 Å². The summed E-state index contributed by atoms with van der Waals surface area (Å²) in [6.07, 6.45) is 4.41. The van der Waals surface area contributed by atoms with Crippen molar-refractivity contribution < 1.29 is 18.7 Å². The summed E-state index contributed by atoms with van der Waals surface area (Å²) in [7, 11) is 1.29. The second-order valence-electron chi connectivity index (χ2n) is 5.64. The van der Waals surface area contributed by atoms with Crippen LogP contribution in [0.2, 0.25) is 0 Å². The van der Waals surface area contributed by atoms with Crippen molar-refractivity contribution in [3.8, 4) is 0 Å². The Kier molecular flexibility index (Phi) is 5.51. The Bertz CT molecular complexity index is 946. The van der Waals surface area contributed by atoms with Crippen LogP contribution < -0.4 is 4.90 Å². The lowest BCUT2D eigenvalue weighted by molar-refractivity contribution is 0.0600. The lowest BCUT2D eigenvalue weighted by Crippen LogP contribution is -2.31. The minimum atomic E-state index is -0.496. The Morgan fingerprint density at radius 1 is 1.07 bits per heavy atom. The number of aromatic nitrogens is 2. The van der Waals surface area contributed by atoms with Gasteiger partial charge in [-0.15, -0.1) is 0 Å². The number of benzene rings is 1. The molecule has 0 atom stereocenters. The zero-order valence-corrected chi connectivity index (χ0v) is 14.5. The number of esters is 1. The molecule has 0 saturated heterocycles. The molecule has 0 spiro atoms. The Hall–Kier alpha value is -3.61. The second-order valence-corrected chi connectivity index (χ2v) is 5.64. The van der Waals surface area contributed by atoms with Crippen molar-refractivity contribution in [3.63, 3.8) is 0 Å². The van der Waals surface area contributed by atoms with Gasteiger partial charge in [0.05, 0.1) is 24.9 Å². The quantitative estimate of drug-likeness (QED) is 0.649. The molecule has 0 bridgehead atoms. The van der Waals surface area contributed by atoms with Crippen LogP contribution in [0, 0.1) is 5.82 Å². The lowest BCUT2D eigenvalue weighted by Gasteiger charge is -2.23. The third-order valence-electron chi connectivity index (χ3n) is 3.86. The van der Waals surface area contributed by atoms with Crippen LogP contribution in [0.4, 0.5) is 10.1 Å². The molecule has 3 rings (SSSR count). The summed E-state index contributed by atoms with van der Waals surface area (Å²) >= 11 is 0. The molecule has 0 radical (unpaired) electrons. The fraction of sp³-hybridized carbons (Fsp3) is 0.100. The molecule has 2 aromatic heterocycles. The van der Waals surface area contributed by atoms with Crippen LogP contribution in [0.25, 0.3) is 0 Å². The topological polar surface area (TPSA) is 72.4 Å². The van der Waals surface area contributed by atoms with Crippen molar-refractivity contribution in [1.29, 1.82) is 0 Å². The molecule has 0 fully saturated rings. The monoisotopic (exact) mass is 365 g/mol. The van der Waals surface area contributed by atoms with Crippen molar-refractivity contribution in [3.05, 3.63) is 89.8 Å². The molecule has 1 aromatic carbocycles. The van der Waals surface area contributed by atoms with Gasteiger partial charge in [0.2, 0.25) is 0 Å². The normalized spacial score (nSPS) is 10.3. The van der Waals surface area contributed by atoms with Gasteiger partial charge in [0, 0.05) is 29.8 Å². The molecule has 7 heteroatoms. The first kappa shape index (κ1) is 18.2. The number of rotatable bonds is 5. The van der Waals surface area contributed by atoms with Gasteiger partial charge in [-0.3, -0.25) is 14.8 Å². The number of anilines is 1. The summed E-state index contributed by atoms with van der Waals surface area (Å²) in [6, 6.07) is 12.1. The molecule has 0 unspecified atom stereocenters. The number of hydrogen-bond donors (Lipinski definition) is 0. The van der Waals surface area contributed by atoms with Crippen LogP contribution in [-0.2, 0) is 11.3 Å². The lowest BCUT2D eigenvalue weighted by atomic mass is 10.2. The minimum absolute atomic E-state index is 0.103. The molecule has 0 N–H and O–H groups in total. The number of halogens is 1. The molecular weight excluding hydrogens is 349 g/mol. The van der Waals surface area contributed by atoms with Crippen LogP contribution in [-0.4, -0.2) is 29.0 Å². The SMILES string of the molecule is COC(=O)c1ccc(CN(C(=O)c2ccncc2)c2cccc(F)c2)nc1. The molecule has 0 saturated carbocycles. The summed E-state index contributed by atoms with van der Waals surface area (Å²) in [5, 5.41) is 0. The number of carbonyl (C=O) groups excluding carboxylic acids is 2. The highest BCUT2D eigenvalue weighted by Crippen LogP contribution is 2.21. The molecule has 0 aliphatic carbocycles. The fourth-order valence-electron chi connectivity index (χ4n) is 2.49. The molecule has 6 nitrogen and oxygen atoms in total. The van der Waals surface area contributed by atoms with E-state index in [4.69, 9.17) is 0 Å². The number of pyridine rings is 2. The summed E-state index contributed by atoms with van der Waals surface area (Å²) in [4.78, 5) is 34.0. The molecule has 136 valence electrons. The smallest absolute Gasteiger partial charge is 0.339 e. The summed E-state index contributed by atoms with van der Waals surface area (Å²) in [5.41, 5.74) is 1.66. The number of methoxy groups -OCH3 is 1. The Labute approximate surface area is 155 Å². The van der Waals surface area contributed by atoms with E-state index in [-0.39, 0.29) is 12.5 Å². The number of amides is 1. The molecular formula is C20H16FN3O3. The number of hydrogen-bond acceptors (Lipinski definition) is 5. The van der Waals surface area contributed by atoms with E-state index in [1.54, 1.807) is 30.3 Å². The van der Waals surface area contributed by atoms with Crippen molar-refractivity contribution in [2.24, 2.45) is 0 Å². The maximum absolute atomic E-state index is 13.7. The second kappa shape index (κ2) is 8.18. The van der Waals surface area contributed by atoms with Gasteiger partial charge >= 0.3 is 5.97 Å². The van der Waals surface area contributed by atoms with Gasteiger partial charge in [-0.25, -0.2) is 9.18 Å². The predicted octanol–water partition coefficient (Wildman–Crippen LogP) is 3.25. The standard InChI is InChI=1S/C20H16FN3O3/c1-27-20(26)15-5-6-17(23-12-15)13-24(18-4-2-3-16(21)11-18)19(25)14-7-9-22-10-8-14/h2-12H,13H2,1H3. The third kappa shape index (κ3) is 4.33. The van der Waals surface area contributed by atoms with Crippen LogP contribution in [0.1, 0.15) is 26.4 Å². The maximum atomic E-state index is 13.7. The van der Waals surface area contributed by atoms with E-state index >= 15 is 0 Å². The largest absolute Gasteiger partial charge is 0.465 e. The Morgan fingerprint density at radius 3 is 2.48 bits per heavy atom. The van der Waals surface area contributed by atoms with E-state index in [9.17, 15) is 14.0 Å². The third-order valence-corrected chi connectivity index (χ3v) is 3.86. The number of nitrogens with zero attached hydrogens (tertiary/aromatic N) is 3.